The molecule has 0 radical (unpaired) electrons. The Morgan fingerprint density at radius 3 is 2.40 bits per heavy atom. The molecule has 2 rings (SSSR count). The van der Waals surface area contributed by atoms with Crippen molar-refractivity contribution in [2.75, 3.05) is 5.33 Å². The fourth-order valence-electron chi connectivity index (χ4n) is 2.15. The molecule has 0 aliphatic carbocycles. The zero-order chi connectivity index (χ0) is 14.5. The standard InChI is InChI=1S/C16H14Br2ClF/c17-10-12(7-11-1-3-14(19)4-2-11)8-13-9-15(20)5-6-16(13)18/h1-6,9,12H,7-8,10H2. The Labute approximate surface area is 140 Å². The molecule has 0 aliphatic rings. The lowest BCUT2D eigenvalue weighted by Gasteiger charge is -2.15. The number of rotatable bonds is 5. The van der Waals surface area contributed by atoms with Crippen LogP contribution in [0.5, 0.6) is 0 Å². The summed E-state index contributed by atoms with van der Waals surface area (Å²) in [5, 5.41) is 1.62. The first-order valence-electron chi connectivity index (χ1n) is 6.33. The van der Waals surface area contributed by atoms with E-state index < -0.39 is 0 Å². The predicted octanol–water partition coefficient (Wildman–Crippen LogP) is 6.04. The molecule has 20 heavy (non-hydrogen) atoms. The Kier molecular flexibility index (Phi) is 6.06. The summed E-state index contributed by atoms with van der Waals surface area (Å²) in [6.45, 7) is 0. The number of hydrogen-bond acceptors (Lipinski definition) is 0. The topological polar surface area (TPSA) is 0 Å². The number of hydrogen-bond donors (Lipinski definition) is 0. The second kappa shape index (κ2) is 7.58. The molecule has 0 spiro atoms. The second-order valence-corrected chi connectivity index (χ2v) is 6.73. The van der Waals surface area contributed by atoms with Gasteiger partial charge in [-0.05, 0) is 60.2 Å². The van der Waals surface area contributed by atoms with E-state index in [1.54, 1.807) is 12.1 Å². The van der Waals surface area contributed by atoms with E-state index in [1.807, 2.05) is 24.3 Å². The van der Waals surface area contributed by atoms with Gasteiger partial charge in [-0.15, -0.1) is 0 Å². The molecule has 0 heterocycles. The summed E-state index contributed by atoms with van der Waals surface area (Å²) >= 11 is 12.9. The van der Waals surface area contributed by atoms with Gasteiger partial charge in [-0.3, -0.25) is 0 Å². The van der Waals surface area contributed by atoms with Crippen molar-refractivity contribution in [1.29, 1.82) is 0 Å². The Morgan fingerprint density at radius 2 is 1.75 bits per heavy atom. The highest BCUT2D eigenvalue weighted by atomic mass is 79.9. The van der Waals surface area contributed by atoms with Crippen LogP contribution in [0.3, 0.4) is 0 Å². The van der Waals surface area contributed by atoms with Crippen LogP contribution < -0.4 is 0 Å². The molecule has 2 aromatic carbocycles. The average molecular weight is 421 g/mol. The Balaban J connectivity index is 2.08. The fraction of sp³-hybridized carbons (Fsp3) is 0.250. The van der Waals surface area contributed by atoms with Crippen molar-refractivity contribution in [3.63, 3.8) is 0 Å². The Morgan fingerprint density at radius 1 is 1.05 bits per heavy atom. The van der Waals surface area contributed by atoms with Crippen LogP contribution in [0.4, 0.5) is 4.39 Å². The first kappa shape index (κ1) is 16.0. The first-order chi connectivity index (χ1) is 9.58. The van der Waals surface area contributed by atoms with Gasteiger partial charge in [0.25, 0.3) is 0 Å². The zero-order valence-corrected chi connectivity index (χ0v) is 14.7. The number of halogens is 4. The van der Waals surface area contributed by atoms with Gasteiger partial charge < -0.3 is 0 Å². The van der Waals surface area contributed by atoms with Crippen molar-refractivity contribution >= 4 is 43.5 Å². The first-order valence-corrected chi connectivity index (χ1v) is 8.62. The molecule has 4 heteroatoms. The molecule has 2 aromatic rings. The summed E-state index contributed by atoms with van der Waals surface area (Å²) in [6, 6.07) is 12.7. The molecular weight excluding hydrogens is 406 g/mol. The summed E-state index contributed by atoms with van der Waals surface area (Å²) < 4.78 is 14.3. The van der Waals surface area contributed by atoms with Crippen LogP contribution in [0.25, 0.3) is 0 Å². The minimum absolute atomic E-state index is 0.192. The van der Waals surface area contributed by atoms with E-state index in [2.05, 4.69) is 31.9 Å². The van der Waals surface area contributed by atoms with Gasteiger partial charge in [0.05, 0.1) is 0 Å². The lowest BCUT2D eigenvalue weighted by atomic mass is 9.94. The van der Waals surface area contributed by atoms with Gasteiger partial charge in [0.15, 0.2) is 0 Å². The summed E-state index contributed by atoms with van der Waals surface area (Å²) in [5.41, 5.74) is 2.25. The van der Waals surface area contributed by atoms with E-state index in [1.165, 1.54) is 11.6 Å². The molecule has 1 unspecified atom stereocenters. The molecule has 0 saturated carbocycles. The van der Waals surface area contributed by atoms with Crippen LogP contribution in [0, 0.1) is 11.7 Å². The number of alkyl halides is 1. The maximum atomic E-state index is 13.3. The van der Waals surface area contributed by atoms with Crippen LogP contribution >= 0.6 is 43.5 Å². The van der Waals surface area contributed by atoms with Crippen LogP contribution in [0.1, 0.15) is 11.1 Å². The normalized spacial score (nSPS) is 12.4. The van der Waals surface area contributed by atoms with Crippen molar-refractivity contribution < 1.29 is 4.39 Å². The van der Waals surface area contributed by atoms with Crippen molar-refractivity contribution in [3.8, 4) is 0 Å². The molecular formula is C16H14Br2ClF. The highest BCUT2D eigenvalue weighted by Crippen LogP contribution is 2.24. The van der Waals surface area contributed by atoms with E-state index in [-0.39, 0.29) is 5.82 Å². The quantitative estimate of drug-likeness (QED) is 0.518. The van der Waals surface area contributed by atoms with Gasteiger partial charge in [-0.2, -0.15) is 0 Å². The molecule has 0 saturated heterocycles. The largest absolute Gasteiger partial charge is 0.207 e. The lowest BCUT2D eigenvalue weighted by molar-refractivity contribution is 0.581. The van der Waals surface area contributed by atoms with Crippen molar-refractivity contribution in [2.24, 2.45) is 5.92 Å². The Hall–Kier alpha value is -0.380. The summed E-state index contributed by atoms with van der Waals surface area (Å²) in [6.07, 6.45) is 1.76. The van der Waals surface area contributed by atoms with E-state index >= 15 is 0 Å². The lowest BCUT2D eigenvalue weighted by Crippen LogP contribution is -2.10. The van der Waals surface area contributed by atoms with E-state index in [9.17, 15) is 4.39 Å². The third-order valence-corrected chi connectivity index (χ3v) is 5.11. The molecule has 0 N–H and O–H groups in total. The monoisotopic (exact) mass is 418 g/mol. The molecule has 0 fully saturated rings. The molecule has 0 amide bonds. The zero-order valence-electron chi connectivity index (χ0n) is 10.8. The van der Waals surface area contributed by atoms with Crippen LogP contribution in [-0.4, -0.2) is 5.33 Å². The van der Waals surface area contributed by atoms with E-state index in [0.29, 0.717) is 5.92 Å². The predicted molar refractivity (Wildman–Crippen MR) is 90.2 cm³/mol. The maximum absolute atomic E-state index is 13.3. The summed E-state index contributed by atoms with van der Waals surface area (Å²) in [7, 11) is 0. The van der Waals surface area contributed by atoms with Crippen LogP contribution in [0.15, 0.2) is 46.9 Å². The highest BCUT2D eigenvalue weighted by molar-refractivity contribution is 9.10. The van der Waals surface area contributed by atoms with Gasteiger partial charge >= 0.3 is 0 Å². The maximum Gasteiger partial charge on any atom is 0.123 e. The van der Waals surface area contributed by atoms with Crippen molar-refractivity contribution in [1.82, 2.24) is 0 Å². The molecule has 0 nitrogen and oxygen atoms in total. The average Bonchev–Trinajstić information content (AvgIpc) is 2.44. The van der Waals surface area contributed by atoms with Gasteiger partial charge in [0.1, 0.15) is 5.82 Å². The molecule has 0 bridgehead atoms. The fourth-order valence-corrected chi connectivity index (χ4v) is 3.14. The minimum atomic E-state index is -0.192. The van der Waals surface area contributed by atoms with Crippen molar-refractivity contribution in [3.05, 3.63) is 68.9 Å². The van der Waals surface area contributed by atoms with Gasteiger partial charge in [0, 0.05) is 14.8 Å². The van der Waals surface area contributed by atoms with E-state index in [0.717, 1.165) is 33.2 Å². The Bertz CT molecular complexity index is 569. The third kappa shape index (κ3) is 4.57. The molecule has 106 valence electrons. The second-order valence-electron chi connectivity index (χ2n) is 4.79. The van der Waals surface area contributed by atoms with Gasteiger partial charge in [0.2, 0.25) is 0 Å². The van der Waals surface area contributed by atoms with Crippen molar-refractivity contribution in [2.45, 2.75) is 12.8 Å². The summed E-state index contributed by atoms with van der Waals surface area (Å²) in [4.78, 5) is 0. The SMILES string of the molecule is Fc1ccc(Br)c(CC(CBr)Cc2ccc(Cl)cc2)c1. The molecule has 1 atom stereocenters. The smallest absolute Gasteiger partial charge is 0.123 e. The van der Waals surface area contributed by atoms with Crippen LogP contribution in [-0.2, 0) is 12.8 Å². The summed E-state index contributed by atoms with van der Waals surface area (Å²) in [5.74, 6) is 0.220. The van der Waals surface area contributed by atoms with Crippen LogP contribution in [0.2, 0.25) is 5.02 Å². The highest BCUT2D eigenvalue weighted by Gasteiger charge is 2.12. The van der Waals surface area contributed by atoms with E-state index in [4.69, 9.17) is 11.6 Å². The minimum Gasteiger partial charge on any atom is -0.207 e. The third-order valence-electron chi connectivity index (χ3n) is 3.17. The van der Waals surface area contributed by atoms with Gasteiger partial charge in [-0.25, -0.2) is 4.39 Å². The van der Waals surface area contributed by atoms with Gasteiger partial charge in [-0.1, -0.05) is 55.6 Å². The molecule has 0 aromatic heterocycles. The number of benzene rings is 2. The molecule has 0 aliphatic heterocycles.